The lowest BCUT2D eigenvalue weighted by Crippen LogP contribution is -2.45. The molecule has 1 fully saturated rings. The number of carbonyl (C=O) groups excluding carboxylic acids is 1. The van der Waals surface area contributed by atoms with Gasteiger partial charge in [-0.3, -0.25) is 14.7 Å². The van der Waals surface area contributed by atoms with Crippen LogP contribution in [-0.4, -0.2) is 41.1 Å². The van der Waals surface area contributed by atoms with Gasteiger partial charge in [0.2, 0.25) is 5.91 Å². The van der Waals surface area contributed by atoms with Gasteiger partial charge >= 0.3 is 6.18 Å². The molecule has 24 heavy (non-hydrogen) atoms. The van der Waals surface area contributed by atoms with Crippen LogP contribution in [0, 0.1) is 0 Å². The van der Waals surface area contributed by atoms with Gasteiger partial charge in [0.05, 0.1) is 11.6 Å². The van der Waals surface area contributed by atoms with E-state index in [9.17, 15) is 18.0 Å². The van der Waals surface area contributed by atoms with Crippen LogP contribution in [0.15, 0.2) is 36.5 Å². The normalized spacial score (nSPS) is 18.9. The number of alkyl halides is 3. The molecule has 0 saturated carbocycles. The van der Waals surface area contributed by atoms with Crippen molar-refractivity contribution in [3.05, 3.63) is 42.1 Å². The Morgan fingerprint density at radius 3 is 2.88 bits per heavy atom. The van der Waals surface area contributed by atoms with Crippen molar-refractivity contribution < 1.29 is 18.0 Å². The molecule has 1 aromatic heterocycles. The molecular weight excluding hydrogens is 319 g/mol. The summed E-state index contributed by atoms with van der Waals surface area (Å²) in [7, 11) is 0. The molecule has 2 heterocycles. The average molecular weight is 337 g/mol. The van der Waals surface area contributed by atoms with E-state index in [4.69, 9.17) is 0 Å². The smallest absolute Gasteiger partial charge is 0.346 e. The first-order valence-corrected chi connectivity index (χ1v) is 7.85. The van der Waals surface area contributed by atoms with E-state index in [0.717, 1.165) is 22.9 Å². The minimum absolute atomic E-state index is 0.498. The van der Waals surface area contributed by atoms with Crippen molar-refractivity contribution in [2.45, 2.75) is 31.6 Å². The van der Waals surface area contributed by atoms with E-state index in [0.29, 0.717) is 19.5 Å². The molecule has 128 valence electrons. The molecular formula is C17H18F3N3O. The SMILES string of the molecule is O=C(NCC(F)(F)F)C1CCCN1Cc1cccc2cccnc12. The first-order chi connectivity index (χ1) is 11.4. The summed E-state index contributed by atoms with van der Waals surface area (Å²) in [6.07, 6.45) is -1.31. The first-order valence-electron chi connectivity index (χ1n) is 7.85. The molecule has 2 aromatic rings. The molecule has 0 bridgehead atoms. The van der Waals surface area contributed by atoms with Crippen LogP contribution in [-0.2, 0) is 11.3 Å². The topological polar surface area (TPSA) is 45.2 Å². The maximum Gasteiger partial charge on any atom is 0.405 e. The number of likely N-dealkylation sites (tertiary alicyclic amines) is 1. The summed E-state index contributed by atoms with van der Waals surface area (Å²) in [5.74, 6) is -0.557. The summed E-state index contributed by atoms with van der Waals surface area (Å²) in [4.78, 5) is 18.4. The fourth-order valence-corrected chi connectivity index (χ4v) is 3.13. The standard InChI is InChI=1S/C17H18F3N3O/c18-17(19,20)11-22-16(24)14-7-3-9-23(14)10-13-5-1-4-12-6-2-8-21-15(12)13/h1-2,4-6,8,14H,3,7,9-11H2,(H,22,24). The van der Waals surface area contributed by atoms with E-state index in [1.165, 1.54) is 0 Å². The van der Waals surface area contributed by atoms with Crippen LogP contribution in [0.3, 0.4) is 0 Å². The fourth-order valence-electron chi connectivity index (χ4n) is 3.13. The summed E-state index contributed by atoms with van der Waals surface area (Å²) < 4.78 is 36.9. The van der Waals surface area contributed by atoms with Crippen molar-refractivity contribution in [1.29, 1.82) is 0 Å². The maximum atomic E-state index is 12.3. The van der Waals surface area contributed by atoms with E-state index in [1.54, 1.807) is 6.20 Å². The van der Waals surface area contributed by atoms with Crippen molar-refractivity contribution in [3.63, 3.8) is 0 Å². The molecule has 1 atom stereocenters. The highest BCUT2D eigenvalue weighted by molar-refractivity contribution is 5.83. The summed E-state index contributed by atoms with van der Waals surface area (Å²) in [5.41, 5.74) is 1.84. The molecule has 1 aliphatic heterocycles. The molecule has 1 amide bonds. The highest BCUT2D eigenvalue weighted by Gasteiger charge is 2.34. The van der Waals surface area contributed by atoms with Crippen molar-refractivity contribution >= 4 is 16.8 Å². The number of nitrogens with zero attached hydrogens (tertiary/aromatic N) is 2. The van der Waals surface area contributed by atoms with Crippen LogP contribution in [0.25, 0.3) is 10.9 Å². The predicted octanol–water partition coefficient (Wildman–Crippen LogP) is 2.88. The average Bonchev–Trinajstić information content (AvgIpc) is 3.00. The van der Waals surface area contributed by atoms with E-state index >= 15 is 0 Å². The van der Waals surface area contributed by atoms with Crippen molar-refractivity contribution in [1.82, 2.24) is 15.2 Å². The Balaban J connectivity index is 1.72. The number of benzene rings is 1. The quantitative estimate of drug-likeness (QED) is 0.933. The molecule has 1 N–H and O–H groups in total. The number of aromatic nitrogens is 1. The molecule has 3 rings (SSSR count). The van der Waals surface area contributed by atoms with Gasteiger partial charge in [0.25, 0.3) is 0 Å². The highest BCUT2D eigenvalue weighted by atomic mass is 19.4. The number of amides is 1. The van der Waals surface area contributed by atoms with Crippen LogP contribution in [0.1, 0.15) is 18.4 Å². The Morgan fingerprint density at radius 2 is 2.08 bits per heavy atom. The number of carbonyl (C=O) groups is 1. The van der Waals surface area contributed by atoms with Crippen LogP contribution >= 0.6 is 0 Å². The molecule has 4 nitrogen and oxygen atoms in total. The van der Waals surface area contributed by atoms with Crippen LogP contribution in [0.5, 0.6) is 0 Å². The second kappa shape index (κ2) is 6.76. The van der Waals surface area contributed by atoms with Gasteiger partial charge in [0.15, 0.2) is 0 Å². The number of nitrogens with one attached hydrogen (secondary N) is 1. The van der Waals surface area contributed by atoms with Crippen LogP contribution in [0.2, 0.25) is 0 Å². The molecule has 1 saturated heterocycles. The number of fused-ring (bicyclic) bond motifs is 1. The summed E-state index contributed by atoms with van der Waals surface area (Å²) in [5, 5.41) is 3.00. The third-order valence-electron chi connectivity index (χ3n) is 4.22. The summed E-state index contributed by atoms with van der Waals surface area (Å²) in [6.45, 7) is -0.0994. The lowest BCUT2D eigenvalue weighted by atomic mass is 10.1. The van der Waals surface area contributed by atoms with Gasteiger partial charge in [0.1, 0.15) is 6.54 Å². The number of pyridine rings is 1. The zero-order valence-corrected chi connectivity index (χ0v) is 13.0. The minimum atomic E-state index is -4.39. The second-order valence-corrected chi connectivity index (χ2v) is 5.95. The van der Waals surface area contributed by atoms with Gasteiger partial charge in [-0.1, -0.05) is 24.3 Å². The molecule has 1 aromatic carbocycles. The fraction of sp³-hybridized carbons (Fsp3) is 0.412. The Bertz CT molecular complexity index is 727. The summed E-state index contributed by atoms with van der Waals surface area (Å²) in [6, 6.07) is 9.13. The molecule has 7 heteroatoms. The largest absolute Gasteiger partial charge is 0.405 e. The predicted molar refractivity (Wildman–Crippen MR) is 84.2 cm³/mol. The van der Waals surface area contributed by atoms with E-state index in [1.807, 2.05) is 40.5 Å². The number of rotatable bonds is 4. The molecule has 1 aliphatic rings. The van der Waals surface area contributed by atoms with Gasteiger partial charge in [0, 0.05) is 18.1 Å². The number of halogens is 3. The third-order valence-corrected chi connectivity index (χ3v) is 4.22. The van der Waals surface area contributed by atoms with Gasteiger partial charge < -0.3 is 5.32 Å². The summed E-state index contributed by atoms with van der Waals surface area (Å²) >= 11 is 0. The Labute approximate surface area is 137 Å². The van der Waals surface area contributed by atoms with Crippen molar-refractivity contribution in [3.8, 4) is 0 Å². The maximum absolute atomic E-state index is 12.3. The second-order valence-electron chi connectivity index (χ2n) is 5.95. The van der Waals surface area contributed by atoms with Crippen molar-refractivity contribution in [2.75, 3.05) is 13.1 Å². The zero-order chi connectivity index (χ0) is 17.2. The van der Waals surface area contributed by atoms with E-state index < -0.39 is 24.7 Å². The molecule has 0 aliphatic carbocycles. The highest BCUT2D eigenvalue weighted by Crippen LogP contribution is 2.24. The van der Waals surface area contributed by atoms with E-state index in [2.05, 4.69) is 4.98 Å². The third kappa shape index (κ3) is 3.84. The lowest BCUT2D eigenvalue weighted by molar-refractivity contribution is -0.141. The Hall–Kier alpha value is -2.15. The Kier molecular flexibility index (Phi) is 4.71. The Morgan fingerprint density at radius 1 is 1.29 bits per heavy atom. The van der Waals surface area contributed by atoms with Gasteiger partial charge in [-0.05, 0) is 31.0 Å². The number of hydrogen-bond acceptors (Lipinski definition) is 3. The van der Waals surface area contributed by atoms with Gasteiger partial charge in [-0.15, -0.1) is 0 Å². The molecule has 0 spiro atoms. The van der Waals surface area contributed by atoms with Crippen molar-refractivity contribution in [2.24, 2.45) is 0 Å². The van der Waals surface area contributed by atoms with E-state index in [-0.39, 0.29) is 0 Å². The number of para-hydroxylation sites is 1. The minimum Gasteiger partial charge on any atom is -0.346 e. The lowest BCUT2D eigenvalue weighted by Gasteiger charge is -2.24. The van der Waals surface area contributed by atoms with Gasteiger partial charge in [-0.25, -0.2) is 0 Å². The number of hydrogen-bond donors (Lipinski definition) is 1. The first kappa shape index (κ1) is 16.7. The molecule has 1 unspecified atom stereocenters. The van der Waals surface area contributed by atoms with Crippen LogP contribution < -0.4 is 5.32 Å². The molecule has 0 radical (unpaired) electrons. The zero-order valence-electron chi connectivity index (χ0n) is 13.0. The monoisotopic (exact) mass is 337 g/mol. The van der Waals surface area contributed by atoms with Crippen LogP contribution in [0.4, 0.5) is 13.2 Å². The van der Waals surface area contributed by atoms with Gasteiger partial charge in [-0.2, -0.15) is 13.2 Å².